The van der Waals surface area contributed by atoms with Crippen LogP contribution in [-0.4, -0.2) is 5.11 Å². The largest absolute Gasteiger partial charge is 0.388 e. The Balaban J connectivity index is 2.02. The van der Waals surface area contributed by atoms with Gasteiger partial charge in [0.25, 0.3) is 0 Å². The van der Waals surface area contributed by atoms with Crippen LogP contribution in [0.4, 0.5) is 0 Å². The minimum absolute atomic E-state index is 0.0615. The van der Waals surface area contributed by atoms with Gasteiger partial charge in [-0.2, -0.15) is 12.6 Å². The summed E-state index contributed by atoms with van der Waals surface area (Å²) in [5, 5.41) is 10.2. The Morgan fingerprint density at radius 1 is 0.824 bits per heavy atom. The van der Waals surface area contributed by atoms with Gasteiger partial charge in [-0.05, 0) is 17.5 Å². The first-order valence-electron chi connectivity index (χ1n) is 5.73. The highest BCUT2D eigenvalue weighted by atomic mass is 32.1. The summed E-state index contributed by atoms with van der Waals surface area (Å²) in [6.45, 7) is 0. The molecule has 2 rings (SSSR count). The van der Waals surface area contributed by atoms with Gasteiger partial charge in [0, 0.05) is 5.25 Å². The van der Waals surface area contributed by atoms with Gasteiger partial charge >= 0.3 is 0 Å². The smallest absolute Gasteiger partial charge is 0.0803 e. The maximum absolute atomic E-state index is 10.1. The third-order valence-corrected chi connectivity index (χ3v) is 3.32. The standard InChI is InChI=1S/C15H16OS/c16-14(12-7-3-1-4-8-12)11-15(17)13-9-5-2-6-10-13/h1-10,14-17H,11H2/t14-,15-/m0/s1. The molecule has 0 heterocycles. The molecule has 0 aromatic heterocycles. The van der Waals surface area contributed by atoms with Crippen molar-refractivity contribution in [2.75, 3.05) is 0 Å². The van der Waals surface area contributed by atoms with Crippen LogP contribution in [0.2, 0.25) is 0 Å². The molecule has 0 aliphatic carbocycles. The minimum Gasteiger partial charge on any atom is -0.388 e. The Hall–Kier alpha value is -1.25. The van der Waals surface area contributed by atoms with E-state index in [0.717, 1.165) is 11.1 Å². The number of aliphatic hydroxyl groups is 1. The third kappa shape index (κ3) is 3.35. The zero-order valence-electron chi connectivity index (χ0n) is 9.53. The van der Waals surface area contributed by atoms with E-state index in [9.17, 15) is 5.11 Å². The quantitative estimate of drug-likeness (QED) is 0.784. The summed E-state index contributed by atoms with van der Waals surface area (Å²) in [7, 11) is 0. The van der Waals surface area contributed by atoms with E-state index in [1.165, 1.54) is 0 Å². The van der Waals surface area contributed by atoms with Crippen molar-refractivity contribution in [3.8, 4) is 0 Å². The fraction of sp³-hybridized carbons (Fsp3) is 0.200. The van der Waals surface area contributed by atoms with Crippen LogP contribution in [0, 0.1) is 0 Å². The Morgan fingerprint density at radius 3 is 1.82 bits per heavy atom. The Labute approximate surface area is 108 Å². The van der Waals surface area contributed by atoms with Crippen LogP contribution < -0.4 is 0 Å². The molecule has 0 spiro atoms. The predicted octanol–water partition coefficient (Wildman–Crippen LogP) is 3.78. The number of rotatable bonds is 4. The van der Waals surface area contributed by atoms with Gasteiger partial charge in [0.05, 0.1) is 6.10 Å². The van der Waals surface area contributed by atoms with Gasteiger partial charge in [-0.25, -0.2) is 0 Å². The van der Waals surface area contributed by atoms with E-state index < -0.39 is 6.10 Å². The fourth-order valence-corrected chi connectivity index (χ4v) is 2.21. The Morgan fingerprint density at radius 2 is 1.29 bits per heavy atom. The molecule has 0 aliphatic rings. The summed E-state index contributed by atoms with van der Waals surface area (Å²) in [5.74, 6) is 0. The van der Waals surface area contributed by atoms with Crippen molar-refractivity contribution in [3.63, 3.8) is 0 Å². The molecule has 0 fully saturated rings. The van der Waals surface area contributed by atoms with Crippen LogP contribution >= 0.6 is 12.6 Å². The first kappa shape index (κ1) is 12.2. The van der Waals surface area contributed by atoms with Crippen LogP contribution in [0.1, 0.15) is 28.9 Å². The summed E-state index contributed by atoms with van der Waals surface area (Å²) in [5.41, 5.74) is 2.09. The lowest BCUT2D eigenvalue weighted by Gasteiger charge is -2.16. The summed E-state index contributed by atoms with van der Waals surface area (Å²) in [4.78, 5) is 0. The lowest BCUT2D eigenvalue weighted by atomic mass is 10.0. The van der Waals surface area contributed by atoms with Gasteiger partial charge in [0.15, 0.2) is 0 Å². The molecule has 0 unspecified atom stereocenters. The Bertz CT molecular complexity index is 397. The highest BCUT2D eigenvalue weighted by molar-refractivity contribution is 7.80. The maximum Gasteiger partial charge on any atom is 0.0803 e. The first-order valence-corrected chi connectivity index (χ1v) is 6.25. The number of aliphatic hydroxyl groups excluding tert-OH is 1. The van der Waals surface area contributed by atoms with E-state index in [-0.39, 0.29) is 5.25 Å². The van der Waals surface area contributed by atoms with Crippen molar-refractivity contribution in [2.24, 2.45) is 0 Å². The monoisotopic (exact) mass is 244 g/mol. The van der Waals surface area contributed by atoms with E-state index in [1.807, 2.05) is 60.7 Å². The topological polar surface area (TPSA) is 20.2 Å². The molecule has 0 aliphatic heterocycles. The zero-order valence-corrected chi connectivity index (χ0v) is 10.4. The molecule has 0 saturated heterocycles. The fourth-order valence-electron chi connectivity index (χ4n) is 1.83. The second-order valence-electron chi connectivity index (χ2n) is 4.09. The molecule has 1 nitrogen and oxygen atoms in total. The van der Waals surface area contributed by atoms with E-state index in [2.05, 4.69) is 12.6 Å². The van der Waals surface area contributed by atoms with E-state index in [4.69, 9.17) is 0 Å². The van der Waals surface area contributed by atoms with E-state index in [0.29, 0.717) is 6.42 Å². The van der Waals surface area contributed by atoms with Crippen LogP contribution in [0.25, 0.3) is 0 Å². The highest BCUT2D eigenvalue weighted by Crippen LogP contribution is 2.30. The highest BCUT2D eigenvalue weighted by Gasteiger charge is 2.13. The minimum atomic E-state index is -0.459. The molecule has 2 atom stereocenters. The van der Waals surface area contributed by atoms with Gasteiger partial charge in [0.2, 0.25) is 0 Å². The third-order valence-electron chi connectivity index (χ3n) is 2.82. The number of thiol groups is 1. The van der Waals surface area contributed by atoms with Gasteiger partial charge in [-0.1, -0.05) is 60.7 Å². The van der Waals surface area contributed by atoms with Crippen molar-refractivity contribution < 1.29 is 5.11 Å². The van der Waals surface area contributed by atoms with E-state index in [1.54, 1.807) is 0 Å². The molecular formula is C15H16OS. The van der Waals surface area contributed by atoms with E-state index >= 15 is 0 Å². The summed E-state index contributed by atoms with van der Waals surface area (Å²) in [6, 6.07) is 19.8. The van der Waals surface area contributed by atoms with Gasteiger partial charge in [-0.3, -0.25) is 0 Å². The molecular weight excluding hydrogens is 228 g/mol. The normalized spacial score (nSPS) is 14.2. The summed E-state index contributed by atoms with van der Waals surface area (Å²) >= 11 is 4.55. The average molecular weight is 244 g/mol. The van der Waals surface area contributed by atoms with Gasteiger partial charge in [0.1, 0.15) is 0 Å². The number of hydrogen-bond donors (Lipinski definition) is 2. The summed E-state index contributed by atoms with van der Waals surface area (Å²) in [6.07, 6.45) is 0.163. The lowest BCUT2D eigenvalue weighted by molar-refractivity contribution is 0.167. The predicted molar refractivity (Wildman–Crippen MR) is 74.2 cm³/mol. The molecule has 0 amide bonds. The molecule has 2 aromatic carbocycles. The van der Waals surface area contributed by atoms with Gasteiger partial charge in [-0.15, -0.1) is 0 Å². The summed E-state index contributed by atoms with van der Waals surface area (Å²) < 4.78 is 0. The Kier molecular flexibility index (Phi) is 4.24. The molecule has 0 saturated carbocycles. The molecule has 2 heteroatoms. The molecule has 0 bridgehead atoms. The van der Waals surface area contributed by atoms with Gasteiger partial charge < -0.3 is 5.11 Å². The molecule has 0 radical (unpaired) electrons. The van der Waals surface area contributed by atoms with Crippen molar-refractivity contribution in [1.82, 2.24) is 0 Å². The maximum atomic E-state index is 10.1. The second-order valence-corrected chi connectivity index (χ2v) is 4.71. The number of hydrogen-bond acceptors (Lipinski definition) is 2. The van der Waals surface area contributed by atoms with Crippen molar-refractivity contribution in [1.29, 1.82) is 0 Å². The molecule has 1 N–H and O–H groups in total. The van der Waals surface area contributed by atoms with Crippen LogP contribution in [0.5, 0.6) is 0 Å². The first-order chi connectivity index (χ1) is 8.27. The van der Waals surface area contributed by atoms with Crippen molar-refractivity contribution in [3.05, 3.63) is 71.8 Å². The van der Waals surface area contributed by atoms with Crippen LogP contribution in [-0.2, 0) is 0 Å². The average Bonchev–Trinajstić information content (AvgIpc) is 2.40. The van der Waals surface area contributed by atoms with Crippen molar-refractivity contribution >= 4 is 12.6 Å². The molecule has 2 aromatic rings. The van der Waals surface area contributed by atoms with Crippen LogP contribution in [0.15, 0.2) is 60.7 Å². The molecule has 88 valence electrons. The molecule has 17 heavy (non-hydrogen) atoms. The van der Waals surface area contributed by atoms with Crippen LogP contribution in [0.3, 0.4) is 0 Å². The SMILES string of the molecule is O[C@@H](C[C@H](S)c1ccccc1)c1ccccc1. The van der Waals surface area contributed by atoms with Crippen molar-refractivity contribution in [2.45, 2.75) is 17.8 Å². The second kappa shape index (κ2) is 5.89. The number of benzene rings is 2. The zero-order chi connectivity index (χ0) is 12.1. The lowest BCUT2D eigenvalue weighted by Crippen LogP contribution is -2.01.